The fraction of sp³-hybridized carbons (Fsp3) is 0.538. The zero-order chi connectivity index (χ0) is 13.1. The Labute approximate surface area is 120 Å². The molecule has 1 N–H and O–H groups in total. The van der Waals surface area contributed by atoms with E-state index in [1.165, 1.54) is 6.07 Å². The number of rotatable bonds is 3. The average molecular weight is 307 g/mol. The van der Waals surface area contributed by atoms with Crippen molar-refractivity contribution in [3.8, 4) is 0 Å². The minimum atomic E-state index is -0.522. The molecule has 0 saturated carbocycles. The number of aliphatic hydroxyl groups excluding tert-OH is 1. The highest BCUT2D eigenvalue weighted by molar-refractivity contribution is 8.07. The van der Waals surface area contributed by atoms with Crippen LogP contribution in [0, 0.1) is 5.82 Å². The van der Waals surface area contributed by atoms with E-state index in [1.807, 2.05) is 11.8 Å². The highest BCUT2D eigenvalue weighted by Gasteiger charge is 2.29. The second-order valence-electron chi connectivity index (χ2n) is 4.40. The van der Waals surface area contributed by atoms with Crippen LogP contribution in [0.15, 0.2) is 18.2 Å². The van der Waals surface area contributed by atoms with Gasteiger partial charge >= 0.3 is 0 Å². The Hall–Kier alpha value is 0.1000. The van der Waals surface area contributed by atoms with Crippen molar-refractivity contribution in [2.75, 3.05) is 11.5 Å². The first-order valence-electron chi connectivity index (χ1n) is 5.93. The number of aliphatic hydroxyl groups is 1. The third-order valence-electron chi connectivity index (χ3n) is 3.08. The van der Waals surface area contributed by atoms with Crippen molar-refractivity contribution < 1.29 is 9.50 Å². The lowest BCUT2D eigenvalue weighted by Gasteiger charge is -2.31. The molecular weight excluding hydrogens is 291 g/mol. The zero-order valence-corrected chi connectivity index (χ0v) is 12.5. The molecule has 1 aliphatic rings. The van der Waals surface area contributed by atoms with E-state index in [0.29, 0.717) is 17.2 Å². The SMILES string of the molecule is CC1SCCSC1C(O)Cc1cccc(Cl)c1F. The predicted molar refractivity (Wildman–Crippen MR) is 79.3 cm³/mol. The van der Waals surface area contributed by atoms with Gasteiger partial charge in [0.05, 0.1) is 11.1 Å². The van der Waals surface area contributed by atoms with Gasteiger partial charge in [-0.15, -0.1) is 0 Å². The molecule has 100 valence electrons. The molecule has 0 aromatic heterocycles. The van der Waals surface area contributed by atoms with E-state index in [-0.39, 0.29) is 10.3 Å². The molecule has 5 heteroatoms. The maximum Gasteiger partial charge on any atom is 0.145 e. The lowest BCUT2D eigenvalue weighted by molar-refractivity contribution is 0.170. The Morgan fingerprint density at radius 2 is 2.17 bits per heavy atom. The minimum absolute atomic E-state index is 0.124. The summed E-state index contributed by atoms with van der Waals surface area (Å²) in [6.07, 6.45) is -0.194. The van der Waals surface area contributed by atoms with Crippen LogP contribution in [0.1, 0.15) is 12.5 Å². The molecular formula is C13H16ClFOS2. The van der Waals surface area contributed by atoms with Crippen LogP contribution in [0.4, 0.5) is 4.39 Å². The summed E-state index contributed by atoms with van der Waals surface area (Å²) in [5, 5.41) is 11.0. The molecule has 0 bridgehead atoms. The maximum atomic E-state index is 13.8. The van der Waals surface area contributed by atoms with Crippen LogP contribution in [0.5, 0.6) is 0 Å². The minimum Gasteiger partial charge on any atom is -0.392 e. The Morgan fingerprint density at radius 1 is 1.44 bits per heavy atom. The number of benzene rings is 1. The van der Waals surface area contributed by atoms with Gasteiger partial charge in [0.25, 0.3) is 0 Å². The molecule has 1 aromatic rings. The van der Waals surface area contributed by atoms with Gasteiger partial charge in [-0.1, -0.05) is 30.7 Å². The number of hydrogen-bond acceptors (Lipinski definition) is 3. The van der Waals surface area contributed by atoms with Gasteiger partial charge < -0.3 is 5.11 Å². The van der Waals surface area contributed by atoms with Gasteiger partial charge in [0.2, 0.25) is 0 Å². The van der Waals surface area contributed by atoms with Crippen LogP contribution in [0.2, 0.25) is 5.02 Å². The van der Waals surface area contributed by atoms with Crippen LogP contribution >= 0.6 is 35.1 Å². The molecule has 18 heavy (non-hydrogen) atoms. The summed E-state index contributed by atoms with van der Waals surface area (Å²) in [5.41, 5.74) is 0.498. The summed E-state index contributed by atoms with van der Waals surface area (Å²) in [6, 6.07) is 4.94. The van der Waals surface area contributed by atoms with Crippen molar-refractivity contribution in [1.82, 2.24) is 0 Å². The van der Waals surface area contributed by atoms with Gasteiger partial charge in [0, 0.05) is 28.4 Å². The topological polar surface area (TPSA) is 20.2 Å². The highest BCUT2D eigenvalue weighted by atomic mass is 35.5. The summed E-state index contributed by atoms with van der Waals surface area (Å²) >= 11 is 9.40. The van der Waals surface area contributed by atoms with Crippen LogP contribution in [0.25, 0.3) is 0 Å². The fourth-order valence-electron chi connectivity index (χ4n) is 2.12. The molecule has 1 saturated heterocycles. The molecule has 0 aliphatic carbocycles. The van der Waals surface area contributed by atoms with Gasteiger partial charge in [-0.2, -0.15) is 23.5 Å². The van der Waals surface area contributed by atoms with Crippen LogP contribution < -0.4 is 0 Å². The van der Waals surface area contributed by atoms with E-state index < -0.39 is 11.9 Å². The normalized spacial score (nSPS) is 26.0. The lowest BCUT2D eigenvalue weighted by Crippen LogP contribution is -2.36. The van der Waals surface area contributed by atoms with Crippen molar-refractivity contribution >= 4 is 35.1 Å². The number of thioether (sulfide) groups is 2. The number of hydrogen-bond donors (Lipinski definition) is 1. The van der Waals surface area contributed by atoms with Gasteiger partial charge in [-0.3, -0.25) is 0 Å². The van der Waals surface area contributed by atoms with Crippen LogP contribution in [-0.4, -0.2) is 33.2 Å². The molecule has 3 unspecified atom stereocenters. The monoisotopic (exact) mass is 306 g/mol. The molecule has 1 fully saturated rings. The second-order valence-corrected chi connectivity index (χ2v) is 7.57. The molecule has 1 nitrogen and oxygen atoms in total. The number of halogens is 2. The van der Waals surface area contributed by atoms with Crippen molar-refractivity contribution in [3.63, 3.8) is 0 Å². The Kier molecular flexibility index (Phi) is 5.24. The van der Waals surface area contributed by atoms with Gasteiger partial charge in [-0.25, -0.2) is 4.39 Å². The Morgan fingerprint density at radius 3 is 2.89 bits per heavy atom. The van der Waals surface area contributed by atoms with Crippen molar-refractivity contribution in [2.24, 2.45) is 0 Å². The fourth-order valence-corrected chi connectivity index (χ4v) is 5.16. The van der Waals surface area contributed by atoms with Gasteiger partial charge in [0.1, 0.15) is 5.82 Å². The standard InChI is InChI=1S/C13H16ClFOS2/c1-8-13(18-6-5-17-8)11(16)7-9-3-2-4-10(14)12(9)15/h2-4,8,11,13,16H,5-7H2,1H3. The molecule has 0 spiro atoms. The molecule has 1 heterocycles. The Bertz CT molecular complexity index is 416. The molecule has 0 radical (unpaired) electrons. The van der Waals surface area contributed by atoms with Crippen molar-refractivity contribution in [2.45, 2.75) is 29.9 Å². The second kappa shape index (κ2) is 6.51. The predicted octanol–water partition coefficient (Wildman–Crippen LogP) is 3.62. The smallest absolute Gasteiger partial charge is 0.145 e. The van der Waals surface area contributed by atoms with Crippen molar-refractivity contribution in [3.05, 3.63) is 34.6 Å². The first-order chi connectivity index (χ1) is 8.59. The largest absolute Gasteiger partial charge is 0.392 e. The maximum absolute atomic E-state index is 13.8. The first-order valence-corrected chi connectivity index (χ1v) is 8.41. The highest BCUT2D eigenvalue weighted by Crippen LogP contribution is 2.34. The quantitative estimate of drug-likeness (QED) is 0.921. The van der Waals surface area contributed by atoms with E-state index in [0.717, 1.165) is 11.5 Å². The van der Waals surface area contributed by atoms with Gasteiger partial charge in [-0.05, 0) is 11.6 Å². The summed E-state index contributed by atoms with van der Waals surface area (Å²) < 4.78 is 13.8. The summed E-state index contributed by atoms with van der Waals surface area (Å²) in [6.45, 7) is 2.12. The van der Waals surface area contributed by atoms with Crippen LogP contribution in [-0.2, 0) is 6.42 Å². The zero-order valence-electron chi connectivity index (χ0n) is 10.1. The third-order valence-corrected chi connectivity index (χ3v) is 6.61. The van der Waals surface area contributed by atoms with Gasteiger partial charge in [0.15, 0.2) is 0 Å². The Balaban J connectivity index is 2.06. The van der Waals surface area contributed by atoms with E-state index in [9.17, 15) is 9.50 Å². The average Bonchev–Trinajstić information content (AvgIpc) is 2.35. The van der Waals surface area contributed by atoms with E-state index in [2.05, 4.69) is 6.92 Å². The molecule has 0 amide bonds. The van der Waals surface area contributed by atoms with E-state index in [1.54, 1.807) is 23.9 Å². The van der Waals surface area contributed by atoms with E-state index in [4.69, 9.17) is 11.6 Å². The first kappa shape index (κ1) is 14.5. The molecule has 2 rings (SSSR count). The summed E-state index contributed by atoms with van der Waals surface area (Å²) in [4.78, 5) is 0. The summed E-state index contributed by atoms with van der Waals surface area (Å²) in [7, 11) is 0. The summed E-state index contributed by atoms with van der Waals surface area (Å²) in [5.74, 6) is 1.77. The van der Waals surface area contributed by atoms with E-state index >= 15 is 0 Å². The molecule has 3 atom stereocenters. The third kappa shape index (κ3) is 3.35. The van der Waals surface area contributed by atoms with Crippen molar-refractivity contribution in [1.29, 1.82) is 0 Å². The van der Waals surface area contributed by atoms with Crippen LogP contribution in [0.3, 0.4) is 0 Å². The lowest BCUT2D eigenvalue weighted by atomic mass is 10.0. The molecule has 1 aromatic carbocycles. The molecule has 1 aliphatic heterocycles.